The zero-order chi connectivity index (χ0) is 18.1. The quantitative estimate of drug-likeness (QED) is 0.731. The molecule has 0 radical (unpaired) electrons. The summed E-state index contributed by atoms with van der Waals surface area (Å²) in [6.07, 6.45) is 0.753. The van der Waals surface area contributed by atoms with Crippen molar-refractivity contribution < 1.29 is 9.53 Å². The summed E-state index contributed by atoms with van der Waals surface area (Å²) in [7, 11) is 1.72. The monoisotopic (exact) mass is 348 g/mol. The Morgan fingerprint density at radius 3 is 2.62 bits per heavy atom. The number of para-hydroxylation sites is 2. The van der Waals surface area contributed by atoms with Crippen molar-refractivity contribution in [2.75, 3.05) is 13.1 Å². The molecule has 1 saturated heterocycles. The number of benzene rings is 2. The van der Waals surface area contributed by atoms with Gasteiger partial charge in [-0.25, -0.2) is 0 Å². The number of amides is 1. The minimum atomic E-state index is -0.177. The lowest BCUT2D eigenvalue weighted by Crippen LogP contribution is -2.32. The molecule has 1 amide bonds. The summed E-state index contributed by atoms with van der Waals surface area (Å²) in [5.41, 5.74) is 1.05. The lowest BCUT2D eigenvalue weighted by molar-refractivity contribution is 0.0774. The molecule has 2 heterocycles. The number of hydrogen-bond donors (Lipinski definition) is 0. The van der Waals surface area contributed by atoms with E-state index in [4.69, 9.17) is 4.74 Å². The van der Waals surface area contributed by atoms with Crippen molar-refractivity contribution in [1.29, 1.82) is 0 Å². The standard InChI is InChI=1S/C21H20N2O3/c1-22-19-10-6-5-9-17(19)18(13-20(22)24)21(25)23-12-11-16(14-23)26-15-7-3-2-4-8-15/h2-10,13,16H,11-12,14H2,1H3. The molecule has 5 nitrogen and oxygen atoms in total. The highest BCUT2D eigenvalue weighted by molar-refractivity contribution is 6.06. The first-order valence-electron chi connectivity index (χ1n) is 8.73. The molecule has 1 atom stereocenters. The van der Waals surface area contributed by atoms with Gasteiger partial charge < -0.3 is 14.2 Å². The fourth-order valence-electron chi connectivity index (χ4n) is 3.46. The van der Waals surface area contributed by atoms with Gasteiger partial charge in [-0.1, -0.05) is 36.4 Å². The van der Waals surface area contributed by atoms with Crippen LogP contribution in [-0.4, -0.2) is 34.6 Å². The van der Waals surface area contributed by atoms with E-state index >= 15 is 0 Å². The molecule has 1 fully saturated rings. The second-order valence-electron chi connectivity index (χ2n) is 6.57. The van der Waals surface area contributed by atoms with Crippen LogP contribution in [0.15, 0.2) is 65.5 Å². The average Bonchev–Trinajstić information content (AvgIpc) is 3.13. The maximum atomic E-state index is 13.0. The molecule has 0 spiro atoms. The Hall–Kier alpha value is -3.08. The van der Waals surface area contributed by atoms with Gasteiger partial charge in [0.1, 0.15) is 11.9 Å². The van der Waals surface area contributed by atoms with Crippen LogP contribution in [0.4, 0.5) is 0 Å². The van der Waals surface area contributed by atoms with Gasteiger partial charge in [0.15, 0.2) is 0 Å². The molecular formula is C21H20N2O3. The number of likely N-dealkylation sites (tertiary alicyclic amines) is 1. The van der Waals surface area contributed by atoms with Crippen LogP contribution in [0.5, 0.6) is 5.75 Å². The van der Waals surface area contributed by atoms with Crippen LogP contribution in [0.25, 0.3) is 10.9 Å². The van der Waals surface area contributed by atoms with Gasteiger partial charge in [-0.15, -0.1) is 0 Å². The summed E-state index contributed by atoms with van der Waals surface area (Å²) in [5.74, 6) is 0.698. The summed E-state index contributed by atoms with van der Waals surface area (Å²) in [4.78, 5) is 27.1. The van der Waals surface area contributed by atoms with Crippen LogP contribution in [-0.2, 0) is 7.05 Å². The van der Waals surface area contributed by atoms with Crippen LogP contribution in [0.3, 0.4) is 0 Å². The number of rotatable bonds is 3. The van der Waals surface area contributed by atoms with Gasteiger partial charge in [0.25, 0.3) is 11.5 Å². The number of fused-ring (bicyclic) bond motifs is 1. The van der Waals surface area contributed by atoms with Gasteiger partial charge in [0.05, 0.1) is 17.6 Å². The smallest absolute Gasteiger partial charge is 0.254 e. The fraction of sp³-hybridized carbons (Fsp3) is 0.238. The Kier molecular flexibility index (Phi) is 4.21. The number of nitrogens with zero attached hydrogens (tertiary/aromatic N) is 2. The highest BCUT2D eigenvalue weighted by Crippen LogP contribution is 2.22. The molecular weight excluding hydrogens is 328 g/mol. The molecule has 0 aliphatic carbocycles. The Bertz CT molecular complexity index is 1010. The predicted octanol–water partition coefficient (Wildman–Crippen LogP) is 2.83. The van der Waals surface area contributed by atoms with Gasteiger partial charge >= 0.3 is 0 Å². The second-order valence-corrected chi connectivity index (χ2v) is 6.57. The first-order chi connectivity index (χ1) is 12.6. The fourth-order valence-corrected chi connectivity index (χ4v) is 3.46. The first kappa shape index (κ1) is 16.4. The number of carbonyl (C=O) groups is 1. The largest absolute Gasteiger partial charge is 0.489 e. The molecule has 0 bridgehead atoms. The second kappa shape index (κ2) is 6.67. The van der Waals surface area contributed by atoms with Gasteiger partial charge in [0.2, 0.25) is 0 Å². The molecule has 1 unspecified atom stereocenters. The van der Waals surface area contributed by atoms with E-state index < -0.39 is 0 Å². The van der Waals surface area contributed by atoms with E-state index in [0.717, 1.165) is 23.1 Å². The van der Waals surface area contributed by atoms with Crippen molar-refractivity contribution in [2.24, 2.45) is 7.05 Å². The Morgan fingerprint density at radius 2 is 1.81 bits per heavy atom. The SMILES string of the molecule is Cn1c(=O)cc(C(=O)N2CCC(Oc3ccccc3)C2)c2ccccc21. The van der Waals surface area contributed by atoms with E-state index in [9.17, 15) is 9.59 Å². The van der Waals surface area contributed by atoms with E-state index in [1.54, 1.807) is 16.5 Å². The van der Waals surface area contributed by atoms with Crippen molar-refractivity contribution in [3.05, 3.63) is 76.6 Å². The highest BCUT2D eigenvalue weighted by Gasteiger charge is 2.29. The normalized spacial score (nSPS) is 16.8. The number of hydrogen-bond acceptors (Lipinski definition) is 3. The maximum absolute atomic E-state index is 13.0. The Morgan fingerprint density at radius 1 is 1.08 bits per heavy atom. The molecule has 132 valence electrons. The van der Waals surface area contributed by atoms with E-state index in [-0.39, 0.29) is 17.6 Å². The van der Waals surface area contributed by atoms with Crippen LogP contribution < -0.4 is 10.3 Å². The van der Waals surface area contributed by atoms with Crippen molar-refractivity contribution in [3.8, 4) is 5.75 Å². The number of pyridine rings is 1. The first-order valence-corrected chi connectivity index (χ1v) is 8.73. The predicted molar refractivity (Wildman–Crippen MR) is 101 cm³/mol. The number of aromatic nitrogens is 1. The summed E-state index contributed by atoms with van der Waals surface area (Å²) >= 11 is 0. The van der Waals surface area contributed by atoms with Crippen molar-refractivity contribution in [2.45, 2.75) is 12.5 Å². The van der Waals surface area contributed by atoms with E-state index in [0.29, 0.717) is 18.7 Å². The van der Waals surface area contributed by atoms with Crippen LogP contribution in [0.1, 0.15) is 16.8 Å². The molecule has 1 aliphatic rings. The lowest BCUT2D eigenvalue weighted by atomic mass is 10.1. The molecule has 1 aliphatic heterocycles. The third-order valence-corrected chi connectivity index (χ3v) is 4.86. The van der Waals surface area contributed by atoms with E-state index in [1.165, 1.54) is 6.07 Å². The summed E-state index contributed by atoms with van der Waals surface area (Å²) in [5, 5.41) is 0.798. The molecule has 4 rings (SSSR count). The van der Waals surface area contributed by atoms with Gasteiger partial charge in [-0.05, 0) is 18.2 Å². The topological polar surface area (TPSA) is 51.5 Å². The third-order valence-electron chi connectivity index (χ3n) is 4.86. The molecule has 2 aromatic carbocycles. The van der Waals surface area contributed by atoms with Gasteiger partial charge in [-0.3, -0.25) is 9.59 Å². The Balaban J connectivity index is 1.58. The minimum absolute atomic E-state index is 0.0286. The van der Waals surface area contributed by atoms with Crippen molar-refractivity contribution in [3.63, 3.8) is 0 Å². The number of aryl methyl sites for hydroxylation is 1. The van der Waals surface area contributed by atoms with Crippen molar-refractivity contribution >= 4 is 16.8 Å². The lowest BCUT2D eigenvalue weighted by Gasteiger charge is -2.19. The van der Waals surface area contributed by atoms with Gasteiger partial charge in [0, 0.05) is 31.5 Å². The molecule has 0 N–H and O–H groups in total. The van der Waals surface area contributed by atoms with Crippen molar-refractivity contribution in [1.82, 2.24) is 9.47 Å². The minimum Gasteiger partial charge on any atom is -0.489 e. The van der Waals surface area contributed by atoms with Crippen LogP contribution >= 0.6 is 0 Å². The Labute approximate surface area is 151 Å². The summed E-state index contributed by atoms with van der Waals surface area (Å²) < 4.78 is 7.53. The van der Waals surface area contributed by atoms with Crippen LogP contribution in [0.2, 0.25) is 0 Å². The average molecular weight is 348 g/mol. The molecule has 26 heavy (non-hydrogen) atoms. The van der Waals surface area contributed by atoms with E-state index in [1.807, 2.05) is 54.6 Å². The molecule has 5 heteroatoms. The molecule has 0 saturated carbocycles. The van der Waals surface area contributed by atoms with E-state index in [2.05, 4.69) is 0 Å². The zero-order valence-electron chi connectivity index (χ0n) is 14.6. The maximum Gasteiger partial charge on any atom is 0.254 e. The molecule has 1 aromatic heterocycles. The third kappa shape index (κ3) is 2.96. The number of ether oxygens (including phenoxy) is 1. The molecule has 3 aromatic rings. The summed E-state index contributed by atoms with van der Waals surface area (Å²) in [6, 6.07) is 18.6. The van der Waals surface area contributed by atoms with Gasteiger partial charge in [-0.2, -0.15) is 0 Å². The summed E-state index contributed by atoms with van der Waals surface area (Å²) in [6.45, 7) is 1.15. The van der Waals surface area contributed by atoms with Crippen LogP contribution in [0, 0.1) is 0 Å². The number of carbonyl (C=O) groups excluding carboxylic acids is 1. The highest BCUT2D eigenvalue weighted by atomic mass is 16.5. The zero-order valence-corrected chi connectivity index (χ0v) is 14.6.